The van der Waals surface area contributed by atoms with E-state index in [0.717, 1.165) is 32.2 Å². The molecule has 2 aromatic carbocycles. The summed E-state index contributed by atoms with van der Waals surface area (Å²) < 4.78 is 26.6. The third-order valence-corrected chi connectivity index (χ3v) is 4.05. The highest BCUT2D eigenvalue weighted by Gasteiger charge is 2.21. The van der Waals surface area contributed by atoms with Crippen molar-refractivity contribution >= 4 is 5.69 Å². The standard InChI is InChI=1S/C17H18F2N2/c18-15-7-6-14(17(19)12-15)13-20-8-10-21(11-9-20)16-4-2-1-3-5-16/h1-7,12H,8-11,13H2/p+1. The van der Waals surface area contributed by atoms with Crippen LogP contribution in [0.15, 0.2) is 48.5 Å². The largest absolute Gasteiger partial charge is 0.360 e. The topological polar surface area (TPSA) is 7.68 Å². The molecular formula is C17H19F2N2+. The Morgan fingerprint density at radius 1 is 0.952 bits per heavy atom. The molecule has 21 heavy (non-hydrogen) atoms. The van der Waals surface area contributed by atoms with Crippen molar-refractivity contribution in [3.8, 4) is 0 Å². The summed E-state index contributed by atoms with van der Waals surface area (Å²) in [6.07, 6.45) is 0. The van der Waals surface area contributed by atoms with Crippen LogP contribution in [-0.4, -0.2) is 26.2 Å². The van der Waals surface area contributed by atoms with Gasteiger partial charge in [-0.05, 0) is 24.3 Å². The van der Waals surface area contributed by atoms with E-state index in [4.69, 9.17) is 0 Å². The Morgan fingerprint density at radius 3 is 2.33 bits per heavy atom. The van der Waals surface area contributed by atoms with Gasteiger partial charge in [0, 0.05) is 17.3 Å². The molecule has 1 aliphatic heterocycles. The van der Waals surface area contributed by atoms with Crippen molar-refractivity contribution in [1.82, 2.24) is 0 Å². The molecule has 0 aromatic heterocycles. The van der Waals surface area contributed by atoms with Gasteiger partial charge in [-0.25, -0.2) is 8.78 Å². The number of hydrogen-bond donors (Lipinski definition) is 1. The molecule has 0 spiro atoms. The molecule has 0 amide bonds. The lowest BCUT2D eigenvalue weighted by Gasteiger charge is -2.33. The number of rotatable bonds is 3. The Labute approximate surface area is 123 Å². The average Bonchev–Trinajstić information content (AvgIpc) is 2.52. The highest BCUT2D eigenvalue weighted by Crippen LogP contribution is 2.13. The van der Waals surface area contributed by atoms with E-state index in [-0.39, 0.29) is 0 Å². The molecule has 1 aliphatic rings. The fourth-order valence-electron chi connectivity index (χ4n) is 2.83. The third kappa shape index (κ3) is 3.39. The minimum atomic E-state index is -0.514. The molecule has 0 bridgehead atoms. The molecule has 0 atom stereocenters. The summed E-state index contributed by atoms with van der Waals surface area (Å²) in [5.41, 5.74) is 1.84. The third-order valence-electron chi connectivity index (χ3n) is 4.05. The highest BCUT2D eigenvalue weighted by molar-refractivity contribution is 5.46. The first-order valence-electron chi connectivity index (χ1n) is 7.30. The van der Waals surface area contributed by atoms with Crippen molar-refractivity contribution in [3.05, 3.63) is 65.7 Å². The fraction of sp³-hybridized carbons (Fsp3) is 0.294. The van der Waals surface area contributed by atoms with Gasteiger partial charge in [-0.1, -0.05) is 18.2 Å². The molecule has 0 unspecified atom stereocenters. The molecule has 1 heterocycles. The molecule has 3 rings (SSSR count). The first kappa shape index (κ1) is 14.0. The Balaban J connectivity index is 1.59. The van der Waals surface area contributed by atoms with Gasteiger partial charge in [-0.2, -0.15) is 0 Å². The molecule has 0 saturated carbocycles. The SMILES string of the molecule is Fc1ccc(C[NH+]2CCN(c3ccccc3)CC2)c(F)c1. The van der Waals surface area contributed by atoms with Crippen molar-refractivity contribution in [1.29, 1.82) is 0 Å². The number of quaternary nitrogens is 1. The first-order chi connectivity index (χ1) is 10.2. The summed E-state index contributed by atoms with van der Waals surface area (Å²) in [6.45, 7) is 4.47. The molecule has 2 aromatic rings. The van der Waals surface area contributed by atoms with Gasteiger partial charge in [0.15, 0.2) is 0 Å². The number of benzene rings is 2. The summed E-state index contributed by atoms with van der Waals surface area (Å²) in [5.74, 6) is -0.951. The fourth-order valence-corrected chi connectivity index (χ4v) is 2.83. The van der Waals surface area contributed by atoms with Crippen LogP contribution in [0.25, 0.3) is 0 Å². The first-order valence-corrected chi connectivity index (χ1v) is 7.30. The minimum absolute atomic E-state index is 0.437. The summed E-state index contributed by atoms with van der Waals surface area (Å²) in [5, 5.41) is 0. The number of hydrogen-bond acceptors (Lipinski definition) is 1. The van der Waals surface area contributed by atoms with E-state index in [2.05, 4.69) is 17.0 Å². The summed E-state index contributed by atoms with van der Waals surface area (Å²) in [6, 6.07) is 14.2. The maximum absolute atomic E-state index is 13.7. The van der Waals surface area contributed by atoms with Gasteiger partial charge in [0.05, 0.1) is 26.2 Å². The summed E-state index contributed by atoms with van der Waals surface area (Å²) in [4.78, 5) is 3.69. The molecule has 2 nitrogen and oxygen atoms in total. The second kappa shape index (κ2) is 6.22. The molecule has 0 radical (unpaired) electrons. The number of para-hydroxylation sites is 1. The summed E-state index contributed by atoms with van der Waals surface area (Å²) >= 11 is 0. The number of nitrogens with one attached hydrogen (secondary N) is 1. The number of nitrogens with zero attached hydrogens (tertiary/aromatic N) is 1. The van der Waals surface area contributed by atoms with Crippen LogP contribution in [0.1, 0.15) is 5.56 Å². The van der Waals surface area contributed by atoms with Crippen molar-refractivity contribution in [2.24, 2.45) is 0 Å². The van der Waals surface area contributed by atoms with Crippen LogP contribution in [0.4, 0.5) is 14.5 Å². The Kier molecular flexibility index (Phi) is 4.15. The predicted molar refractivity (Wildman–Crippen MR) is 79.4 cm³/mol. The van der Waals surface area contributed by atoms with Crippen LogP contribution in [0.5, 0.6) is 0 Å². The molecule has 1 fully saturated rings. The smallest absolute Gasteiger partial charge is 0.134 e. The second-order valence-electron chi connectivity index (χ2n) is 5.49. The zero-order valence-corrected chi connectivity index (χ0v) is 11.9. The molecular weight excluding hydrogens is 270 g/mol. The Hall–Kier alpha value is -1.94. The molecule has 1 N–H and O–H groups in total. The quantitative estimate of drug-likeness (QED) is 0.906. The van der Waals surface area contributed by atoms with Gasteiger partial charge in [-0.3, -0.25) is 0 Å². The Morgan fingerprint density at radius 2 is 1.67 bits per heavy atom. The zero-order chi connectivity index (χ0) is 14.7. The van der Waals surface area contributed by atoms with Gasteiger partial charge in [0.1, 0.15) is 18.2 Å². The lowest BCUT2D eigenvalue weighted by Crippen LogP contribution is -3.13. The van der Waals surface area contributed by atoms with Crippen LogP contribution < -0.4 is 9.80 Å². The van der Waals surface area contributed by atoms with Crippen LogP contribution in [0, 0.1) is 11.6 Å². The lowest BCUT2D eigenvalue weighted by atomic mass is 10.1. The Bertz CT molecular complexity index is 593. The lowest BCUT2D eigenvalue weighted by molar-refractivity contribution is -0.914. The second-order valence-corrected chi connectivity index (χ2v) is 5.49. The van der Waals surface area contributed by atoms with Gasteiger partial charge < -0.3 is 9.80 Å². The maximum Gasteiger partial charge on any atom is 0.134 e. The van der Waals surface area contributed by atoms with E-state index < -0.39 is 11.6 Å². The van der Waals surface area contributed by atoms with Crippen molar-refractivity contribution < 1.29 is 13.7 Å². The maximum atomic E-state index is 13.7. The van der Waals surface area contributed by atoms with E-state index in [1.807, 2.05) is 18.2 Å². The van der Waals surface area contributed by atoms with Gasteiger partial charge in [0.2, 0.25) is 0 Å². The van der Waals surface area contributed by atoms with E-state index in [1.165, 1.54) is 16.7 Å². The monoisotopic (exact) mass is 289 g/mol. The van der Waals surface area contributed by atoms with Gasteiger partial charge in [0.25, 0.3) is 0 Å². The number of piperazine rings is 1. The van der Waals surface area contributed by atoms with Crippen LogP contribution >= 0.6 is 0 Å². The minimum Gasteiger partial charge on any atom is -0.360 e. The van der Waals surface area contributed by atoms with Crippen molar-refractivity contribution in [2.45, 2.75) is 6.54 Å². The number of halogens is 2. The molecule has 1 saturated heterocycles. The van der Waals surface area contributed by atoms with Gasteiger partial charge >= 0.3 is 0 Å². The van der Waals surface area contributed by atoms with Crippen LogP contribution in [0.3, 0.4) is 0 Å². The van der Waals surface area contributed by atoms with E-state index >= 15 is 0 Å². The van der Waals surface area contributed by atoms with E-state index in [9.17, 15) is 8.78 Å². The number of anilines is 1. The van der Waals surface area contributed by atoms with Crippen molar-refractivity contribution in [3.63, 3.8) is 0 Å². The normalized spacial score (nSPS) is 16.2. The summed E-state index contributed by atoms with van der Waals surface area (Å²) in [7, 11) is 0. The zero-order valence-electron chi connectivity index (χ0n) is 11.9. The average molecular weight is 289 g/mol. The van der Waals surface area contributed by atoms with Crippen LogP contribution in [0.2, 0.25) is 0 Å². The predicted octanol–water partition coefficient (Wildman–Crippen LogP) is 1.87. The highest BCUT2D eigenvalue weighted by atomic mass is 19.1. The van der Waals surface area contributed by atoms with E-state index in [0.29, 0.717) is 12.1 Å². The molecule has 0 aliphatic carbocycles. The molecule has 110 valence electrons. The van der Waals surface area contributed by atoms with Crippen molar-refractivity contribution in [2.75, 3.05) is 31.1 Å². The molecule has 4 heteroatoms. The van der Waals surface area contributed by atoms with Crippen LogP contribution in [-0.2, 0) is 6.54 Å². The van der Waals surface area contributed by atoms with Gasteiger partial charge in [-0.15, -0.1) is 0 Å². The van der Waals surface area contributed by atoms with E-state index in [1.54, 1.807) is 6.07 Å².